The molecule has 1 unspecified atom stereocenters. The minimum atomic E-state index is -0.507. The quantitative estimate of drug-likeness (QED) is 0.618. The third-order valence-electron chi connectivity index (χ3n) is 4.25. The summed E-state index contributed by atoms with van der Waals surface area (Å²) in [5.41, 5.74) is 2.68. The zero-order valence-corrected chi connectivity index (χ0v) is 12.3. The van der Waals surface area contributed by atoms with Crippen molar-refractivity contribution in [1.29, 1.82) is 0 Å². The van der Waals surface area contributed by atoms with Gasteiger partial charge in [0.15, 0.2) is 5.78 Å². The first-order chi connectivity index (χ1) is 10.1. The predicted molar refractivity (Wildman–Crippen MR) is 78.5 cm³/mol. The lowest BCUT2D eigenvalue weighted by atomic mass is 9.83. The summed E-state index contributed by atoms with van der Waals surface area (Å²) >= 11 is 0. The van der Waals surface area contributed by atoms with Crippen LogP contribution in [-0.2, 0) is 20.7 Å². The lowest BCUT2D eigenvalue weighted by Gasteiger charge is -2.43. The molecule has 0 aliphatic carbocycles. The second-order valence-electron chi connectivity index (χ2n) is 5.61. The van der Waals surface area contributed by atoms with Crippen LogP contribution in [0, 0.1) is 0 Å². The van der Waals surface area contributed by atoms with Gasteiger partial charge in [-0.1, -0.05) is 24.3 Å². The third-order valence-corrected chi connectivity index (χ3v) is 4.25. The number of rotatable bonds is 2. The number of ketones is 1. The van der Waals surface area contributed by atoms with Crippen LogP contribution in [-0.4, -0.2) is 29.3 Å². The third kappa shape index (κ3) is 2.35. The van der Waals surface area contributed by atoms with E-state index in [4.69, 9.17) is 4.74 Å². The van der Waals surface area contributed by atoms with Gasteiger partial charge >= 0.3 is 5.97 Å². The smallest absolute Gasteiger partial charge is 0.343 e. The van der Waals surface area contributed by atoms with Gasteiger partial charge in [-0.15, -0.1) is 0 Å². The number of Topliss-reactive ketones (excluding diaryl/α,β-unsaturated/α-hetero) is 1. The fourth-order valence-corrected chi connectivity index (χ4v) is 3.25. The van der Waals surface area contributed by atoms with Crippen LogP contribution in [0.3, 0.4) is 0 Å². The number of carbonyl (C=O) groups excluding carboxylic acids is 2. The molecule has 0 saturated heterocycles. The molecule has 110 valence electrons. The van der Waals surface area contributed by atoms with Crippen molar-refractivity contribution in [2.24, 2.45) is 0 Å². The van der Waals surface area contributed by atoms with Crippen LogP contribution >= 0.6 is 0 Å². The van der Waals surface area contributed by atoms with Gasteiger partial charge in [0.25, 0.3) is 0 Å². The Bertz CT molecular complexity index is 620. The van der Waals surface area contributed by atoms with Gasteiger partial charge in [0, 0.05) is 18.7 Å². The topological polar surface area (TPSA) is 46.6 Å². The molecule has 2 heterocycles. The fraction of sp³-hybridized carbons (Fsp3) is 0.412. The molecule has 0 saturated carbocycles. The summed E-state index contributed by atoms with van der Waals surface area (Å²) in [5, 5.41) is 0. The number of benzene rings is 1. The van der Waals surface area contributed by atoms with E-state index in [1.807, 2.05) is 12.1 Å². The molecule has 0 radical (unpaired) electrons. The molecular weight excluding hydrogens is 266 g/mol. The van der Waals surface area contributed by atoms with Crippen LogP contribution in [0.2, 0.25) is 0 Å². The molecule has 2 atom stereocenters. The molecule has 0 bridgehead atoms. The van der Waals surface area contributed by atoms with E-state index in [1.54, 1.807) is 13.1 Å². The van der Waals surface area contributed by atoms with Gasteiger partial charge < -0.3 is 9.64 Å². The first-order valence-corrected chi connectivity index (χ1v) is 7.39. The van der Waals surface area contributed by atoms with Crippen molar-refractivity contribution in [3.05, 3.63) is 47.2 Å². The minimum absolute atomic E-state index is 0.0376. The van der Waals surface area contributed by atoms with Gasteiger partial charge in [0.2, 0.25) is 0 Å². The van der Waals surface area contributed by atoms with E-state index >= 15 is 0 Å². The monoisotopic (exact) mass is 285 g/mol. The highest BCUT2D eigenvalue weighted by Crippen LogP contribution is 2.39. The molecule has 2 aliphatic heterocycles. The Morgan fingerprint density at radius 3 is 2.86 bits per heavy atom. The number of hydrogen-bond donors (Lipinski definition) is 0. The number of esters is 1. The van der Waals surface area contributed by atoms with Crippen molar-refractivity contribution < 1.29 is 14.3 Å². The lowest BCUT2D eigenvalue weighted by Crippen LogP contribution is -2.43. The van der Waals surface area contributed by atoms with Crippen LogP contribution in [0.1, 0.15) is 37.4 Å². The van der Waals surface area contributed by atoms with Crippen LogP contribution in [0.15, 0.2) is 36.0 Å². The Hall–Kier alpha value is -2.10. The zero-order valence-electron chi connectivity index (χ0n) is 12.3. The molecule has 1 aromatic carbocycles. The van der Waals surface area contributed by atoms with Gasteiger partial charge in [-0.05, 0) is 31.4 Å². The van der Waals surface area contributed by atoms with E-state index in [0.29, 0.717) is 6.42 Å². The Kier molecular flexibility index (Phi) is 3.53. The lowest BCUT2D eigenvalue weighted by molar-refractivity contribution is -0.140. The van der Waals surface area contributed by atoms with Crippen LogP contribution in [0.4, 0.5) is 0 Å². The molecule has 0 N–H and O–H groups in total. The van der Waals surface area contributed by atoms with Crippen molar-refractivity contribution in [2.45, 2.75) is 38.8 Å². The fourth-order valence-electron chi connectivity index (χ4n) is 3.25. The molecule has 3 rings (SSSR count). The number of ether oxygens (including phenoxy) is 1. The summed E-state index contributed by atoms with van der Waals surface area (Å²) in [4.78, 5) is 26.3. The molecule has 1 aromatic rings. The molecule has 0 amide bonds. The molecule has 4 heteroatoms. The molecule has 0 fully saturated rings. The molecule has 4 nitrogen and oxygen atoms in total. The van der Waals surface area contributed by atoms with Crippen LogP contribution in [0.25, 0.3) is 0 Å². The first-order valence-electron chi connectivity index (χ1n) is 7.39. The largest absolute Gasteiger partial charge is 0.462 e. The van der Waals surface area contributed by atoms with Gasteiger partial charge in [0.1, 0.15) is 5.57 Å². The van der Waals surface area contributed by atoms with Gasteiger partial charge in [-0.2, -0.15) is 0 Å². The van der Waals surface area contributed by atoms with E-state index in [-0.39, 0.29) is 30.0 Å². The number of nitrogens with zero attached hydrogens (tertiary/aromatic N) is 1. The Balaban J connectivity index is 1.98. The average molecular weight is 285 g/mol. The van der Waals surface area contributed by atoms with E-state index in [2.05, 4.69) is 24.0 Å². The summed E-state index contributed by atoms with van der Waals surface area (Å²) < 4.78 is 4.98. The van der Waals surface area contributed by atoms with Crippen LogP contribution < -0.4 is 0 Å². The summed E-state index contributed by atoms with van der Waals surface area (Å²) in [6.07, 6.45) is 2.97. The van der Waals surface area contributed by atoms with Crippen molar-refractivity contribution in [1.82, 2.24) is 4.90 Å². The molecular formula is C17H19NO3. The van der Waals surface area contributed by atoms with Crippen molar-refractivity contribution >= 4 is 11.8 Å². The SMILES string of the molecule is CCOC(=O)C1=CN2C(CC1=O)c1ccccc1C[C@H]2C. The molecule has 21 heavy (non-hydrogen) atoms. The minimum Gasteiger partial charge on any atom is -0.462 e. The first kappa shape index (κ1) is 13.9. The van der Waals surface area contributed by atoms with Crippen molar-refractivity contribution in [2.75, 3.05) is 6.61 Å². The van der Waals surface area contributed by atoms with Crippen LogP contribution in [0.5, 0.6) is 0 Å². The maximum absolute atomic E-state index is 12.3. The predicted octanol–water partition coefficient (Wildman–Crippen LogP) is 2.39. The maximum Gasteiger partial charge on any atom is 0.343 e. The molecule has 0 spiro atoms. The molecule has 0 aromatic heterocycles. The Morgan fingerprint density at radius 1 is 1.33 bits per heavy atom. The summed E-state index contributed by atoms with van der Waals surface area (Å²) in [6.45, 7) is 4.15. The van der Waals surface area contributed by atoms with E-state index < -0.39 is 5.97 Å². The highest BCUT2D eigenvalue weighted by molar-refractivity contribution is 6.17. The second-order valence-corrected chi connectivity index (χ2v) is 5.61. The summed E-state index contributed by atoms with van der Waals surface area (Å²) in [6, 6.07) is 8.54. The standard InChI is InChI=1S/C17H19NO3/c1-3-21-17(20)14-10-18-11(2)8-12-6-4-5-7-13(12)15(18)9-16(14)19/h4-7,10-11,15H,3,8-9H2,1-2H3/t11-,15?/m1/s1. The van der Waals surface area contributed by atoms with Gasteiger partial charge in [-0.25, -0.2) is 4.79 Å². The van der Waals surface area contributed by atoms with Crippen molar-refractivity contribution in [3.63, 3.8) is 0 Å². The number of fused-ring (bicyclic) bond motifs is 3. The molecule has 2 aliphatic rings. The maximum atomic E-state index is 12.3. The normalized spacial score (nSPS) is 24.0. The van der Waals surface area contributed by atoms with E-state index in [0.717, 1.165) is 6.42 Å². The zero-order chi connectivity index (χ0) is 15.0. The number of hydrogen-bond acceptors (Lipinski definition) is 4. The van der Waals surface area contributed by atoms with Gasteiger partial charge in [-0.3, -0.25) is 4.79 Å². The Morgan fingerprint density at radius 2 is 2.10 bits per heavy atom. The Labute approximate surface area is 124 Å². The highest BCUT2D eigenvalue weighted by atomic mass is 16.5. The van der Waals surface area contributed by atoms with E-state index in [1.165, 1.54) is 11.1 Å². The van der Waals surface area contributed by atoms with Gasteiger partial charge in [0.05, 0.1) is 12.6 Å². The van der Waals surface area contributed by atoms with E-state index in [9.17, 15) is 9.59 Å². The summed E-state index contributed by atoms with van der Waals surface area (Å²) in [5.74, 6) is -0.634. The van der Waals surface area contributed by atoms with Crippen molar-refractivity contribution in [3.8, 4) is 0 Å². The summed E-state index contributed by atoms with van der Waals surface area (Å²) in [7, 11) is 0. The average Bonchev–Trinajstić information content (AvgIpc) is 2.47. The number of carbonyl (C=O) groups is 2. The second kappa shape index (κ2) is 5.35. The highest BCUT2D eigenvalue weighted by Gasteiger charge is 2.38.